The fourth-order valence-corrected chi connectivity index (χ4v) is 2.17. The molecule has 112 valence electrons. The molecular weight excluding hydrogens is 266 g/mol. The van der Waals surface area contributed by atoms with Gasteiger partial charge >= 0.3 is 0 Å². The smallest absolute Gasteiger partial charge is 0.244 e. The fourth-order valence-electron chi connectivity index (χ4n) is 2.17. The largest absolute Gasteiger partial charge is 0.387 e. The topological polar surface area (TPSA) is 77.5 Å². The van der Waals surface area contributed by atoms with Gasteiger partial charge in [0.05, 0.1) is 18.2 Å². The van der Waals surface area contributed by atoms with Gasteiger partial charge in [0.25, 0.3) is 0 Å². The number of rotatable bonds is 4. The van der Waals surface area contributed by atoms with E-state index in [4.69, 9.17) is 0 Å². The zero-order chi connectivity index (χ0) is 15.6. The van der Waals surface area contributed by atoms with Gasteiger partial charge in [0, 0.05) is 16.6 Å². The minimum atomic E-state index is -0.664. The van der Waals surface area contributed by atoms with Gasteiger partial charge in [0.15, 0.2) is 0 Å². The molecule has 1 atom stereocenters. The Labute approximate surface area is 124 Å². The molecule has 0 bridgehead atoms. The number of amides is 1. The first kappa shape index (κ1) is 15.3. The van der Waals surface area contributed by atoms with E-state index in [2.05, 4.69) is 21.6 Å². The van der Waals surface area contributed by atoms with Crippen molar-refractivity contribution in [2.24, 2.45) is 5.10 Å². The lowest BCUT2D eigenvalue weighted by molar-refractivity contribution is -0.120. The molecule has 2 aromatic rings. The third kappa shape index (κ3) is 3.49. The molecule has 0 saturated heterocycles. The van der Waals surface area contributed by atoms with Crippen LogP contribution in [0.3, 0.4) is 0 Å². The summed E-state index contributed by atoms with van der Waals surface area (Å²) in [6, 6.07) is 6.14. The van der Waals surface area contributed by atoms with Gasteiger partial charge in [-0.25, -0.2) is 5.43 Å². The molecule has 5 heteroatoms. The van der Waals surface area contributed by atoms with Crippen molar-refractivity contribution in [2.45, 2.75) is 40.2 Å². The summed E-state index contributed by atoms with van der Waals surface area (Å²) in [5.41, 5.74) is 7.13. The van der Waals surface area contributed by atoms with Crippen LogP contribution in [0.1, 0.15) is 30.7 Å². The number of H-pyrrole nitrogens is 1. The highest BCUT2D eigenvalue weighted by atomic mass is 16.3. The molecular formula is C16H21N3O2. The van der Waals surface area contributed by atoms with E-state index in [1.165, 1.54) is 0 Å². The number of aryl methyl sites for hydroxylation is 2. The number of hydrazone groups is 1. The fraction of sp³-hybridized carbons (Fsp3) is 0.375. The van der Waals surface area contributed by atoms with Crippen LogP contribution in [0.2, 0.25) is 0 Å². The van der Waals surface area contributed by atoms with Gasteiger partial charge in [-0.3, -0.25) is 4.79 Å². The normalized spacial score (nSPS) is 13.5. The predicted octanol–water partition coefficient (Wildman–Crippen LogP) is 2.20. The second-order valence-electron chi connectivity index (χ2n) is 5.42. The number of carbonyl (C=O) groups is 1. The number of carbonyl (C=O) groups excluding carboxylic acids is 1. The van der Waals surface area contributed by atoms with E-state index in [0.717, 1.165) is 27.7 Å². The molecule has 1 aromatic heterocycles. The van der Waals surface area contributed by atoms with Crippen LogP contribution < -0.4 is 5.43 Å². The lowest BCUT2D eigenvalue weighted by atomic mass is 10.1. The number of aromatic nitrogens is 1. The van der Waals surface area contributed by atoms with Gasteiger partial charge in [0.1, 0.15) is 0 Å². The number of aliphatic hydroxyl groups excluding tert-OH is 1. The average Bonchev–Trinajstić information content (AvgIpc) is 2.72. The minimum Gasteiger partial charge on any atom is -0.387 e. The molecule has 2 rings (SSSR count). The zero-order valence-corrected chi connectivity index (χ0v) is 12.8. The highest BCUT2D eigenvalue weighted by Crippen LogP contribution is 2.23. The number of aliphatic hydroxyl groups is 1. The minimum absolute atomic E-state index is 0.194. The molecule has 5 nitrogen and oxygen atoms in total. The average molecular weight is 287 g/mol. The van der Waals surface area contributed by atoms with E-state index in [9.17, 15) is 9.90 Å². The number of fused-ring (bicyclic) bond motifs is 1. The van der Waals surface area contributed by atoms with Gasteiger partial charge in [-0.15, -0.1) is 0 Å². The number of hydrogen-bond donors (Lipinski definition) is 3. The Hall–Kier alpha value is -2.14. The quantitative estimate of drug-likeness (QED) is 0.595. The van der Waals surface area contributed by atoms with Crippen LogP contribution in [0.5, 0.6) is 0 Å². The molecule has 0 unspecified atom stereocenters. The highest BCUT2D eigenvalue weighted by molar-refractivity contribution is 5.91. The van der Waals surface area contributed by atoms with E-state index < -0.39 is 6.10 Å². The number of aromatic amines is 1. The molecule has 0 radical (unpaired) electrons. The van der Waals surface area contributed by atoms with Crippen molar-refractivity contribution in [2.75, 3.05) is 0 Å². The van der Waals surface area contributed by atoms with Crippen LogP contribution in [-0.2, 0) is 11.2 Å². The predicted molar refractivity (Wildman–Crippen MR) is 84.4 cm³/mol. The number of hydrogen-bond acceptors (Lipinski definition) is 3. The summed E-state index contributed by atoms with van der Waals surface area (Å²) in [7, 11) is 0. The third-order valence-electron chi connectivity index (χ3n) is 3.57. The van der Waals surface area contributed by atoms with Gasteiger partial charge < -0.3 is 10.1 Å². The Bertz CT molecular complexity index is 699. The number of nitrogens with one attached hydrogen (secondary N) is 2. The van der Waals surface area contributed by atoms with E-state index in [-0.39, 0.29) is 12.3 Å². The van der Waals surface area contributed by atoms with Crippen molar-refractivity contribution in [3.8, 4) is 0 Å². The van der Waals surface area contributed by atoms with E-state index in [0.29, 0.717) is 5.71 Å². The first-order valence-corrected chi connectivity index (χ1v) is 6.97. The molecule has 1 heterocycles. The Kier molecular flexibility index (Phi) is 4.43. The zero-order valence-electron chi connectivity index (χ0n) is 12.8. The SMILES string of the molecule is C/C(=N/NC(=O)Cc1c(C)[nH]c2ccc(C)cc12)[C@H](C)O. The van der Waals surface area contributed by atoms with Crippen LogP contribution in [-0.4, -0.2) is 27.8 Å². The van der Waals surface area contributed by atoms with Gasteiger partial charge in [0.2, 0.25) is 5.91 Å². The monoisotopic (exact) mass is 287 g/mol. The molecule has 0 spiro atoms. The lowest BCUT2D eigenvalue weighted by Gasteiger charge is -2.05. The lowest BCUT2D eigenvalue weighted by Crippen LogP contribution is -2.24. The Morgan fingerprint density at radius 2 is 2.14 bits per heavy atom. The van der Waals surface area contributed by atoms with Crippen molar-refractivity contribution >= 4 is 22.5 Å². The van der Waals surface area contributed by atoms with E-state index >= 15 is 0 Å². The van der Waals surface area contributed by atoms with Crippen molar-refractivity contribution in [3.63, 3.8) is 0 Å². The molecule has 0 aliphatic carbocycles. The molecule has 0 saturated carbocycles. The van der Waals surface area contributed by atoms with Crippen molar-refractivity contribution in [3.05, 3.63) is 35.0 Å². The summed E-state index contributed by atoms with van der Waals surface area (Å²) in [6.45, 7) is 7.27. The molecule has 1 aromatic carbocycles. The van der Waals surface area contributed by atoms with E-state index in [1.54, 1.807) is 13.8 Å². The Morgan fingerprint density at radius 1 is 1.43 bits per heavy atom. The summed E-state index contributed by atoms with van der Waals surface area (Å²) >= 11 is 0. The Balaban J connectivity index is 2.20. The van der Waals surface area contributed by atoms with Gasteiger partial charge in [-0.05, 0) is 45.4 Å². The second-order valence-corrected chi connectivity index (χ2v) is 5.42. The van der Waals surface area contributed by atoms with Crippen LogP contribution in [0.25, 0.3) is 10.9 Å². The summed E-state index contributed by atoms with van der Waals surface area (Å²) < 4.78 is 0. The van der Waals surface area contributed by atoms with Crippen LogP contribution in [0, 0.1) is 13.8 Å². The molecule has 3 N–H and O–H groups in total. The van der Waals surface area contributed by atoms with Gasteiger partial charge in [-0.1, -0.05) is 11.6 Å². The van der Waals surface area contributed by atoms with Crippen molar-refractivity contribution in [1.82, 2.24) is 10.4 Å². The second kappa shape index (κ2) is 6.10. The number of nitrogens with zero attached hydrogens (tertiary/aromatic N) is 1. The molecule has 0 aliphatic rings. The van der Waals surface area contributed by atoms with Crippen molar-refractivity contribution < 1.29 is 9.90 Å². The maximum absolute atomic E-state index is 12.0. The first-order chi connectivity index (χ1) is 9.88. The maximum Gasteiger partial charge on any atom is 0.244 e. The molecule has 0 aliphatic heterocycles. The van der Waals surface area contributed by atoms with Crippen LogP contribution in [0.15, 0.2) is 23.3 Å². The first-order valence-electron chi connectivity index (χ1n) is 6.97. The third-order valence-corrected chi connectivity index (χ3v) is 3.57. The van der Waals surface area contributed by atoms with Crippen molar-refractivity contribution in [1.29, 1.82) is 0 Å². The summed E-state index contributed by atoms with van der Waals surface area (Å²) in [6.07, 6.45) is -0.408. The molecule has 21 heavy (non-hydrogen) atoms. The number of benzene rings is 1. The van der Waals surface area contributed by atoms with E-state index in [1.807, 2.05) is 26.0 Å². The summed E-state index contributed by atoms with van der Waals surface area (Å²) in [5, 5.41) is 14.3. The summed E-state index contributed by atoms with van der Waals surface area (Å²) in [5.74, 6) is -0.194. The van der Waals surface area contributed by atoms with Crippen LogP contribution >= 0.6 is 0 Å². The molecule has 1 amide bonds. The Morgan fingerprint density at radius 3 is 2.81 bits per heavy atom. The summed E-state index contributed by atoms with van der Waals surface area (Å²) in [4.78, 5) is 15.3. The van der Waals surface area contributed by atoms with Gasteiger partial charge in [-0.2, -0.15) is 5.10 Å². The van der Waals surface area contributed by atoms with Crippen LogP contribution in [0.4, 0.5) is 0 Å². The standard InChI is InChI=1S/C16H21N3O2/c1-9-5-6-15-14(7-9)13(11(3)17-15)8-16(21)19-18-10(2)12(4)20/h5-7,12,17,20H,8H2,1-4H3,(H,19,21)/b18-10-/t12-/m0/s1. The maximum atomic E-state index is 12.0. The molecule has 0 fully saturated rings. The highest BCUT2D eigenvalue weighted by Gasteiger charge is 2.12.